The molecule has 6 aliphatic rings. The molecular formula is C36H56O10. The second kappa shape index (κ2) is 11.2. The fourth-order valence-electron chi connectivity index (χ4n) is 12.6. The molecule has 6 N–H and O–H groups in total. The first-order chi connectivity index (χ1) is 21.4. The Morgan fingerprint density at radius 2 is 1.57 bits per heavy atom. The largest absolute Gasteiger partial charge is 0.481 e. The van der Waals surface area contributed by atoms with Crippen molar-refractivity contribution < 1.29 is 49.7 Å². The van der Waals surface area contributed by atoms with Gasteiger partial charge in [0.05, 0.1) is 23.5 Å². The van der Waals surface area contributed by atoms with Crippen LogP contribution in [0.1, 0.15) is 99.3 Å². The predicted octanol–water partition coefficient (Wildman–Crippen LogP) is 3.98. The van der Waals surface area contributed by atoms with Gasteiger partial charge in [-0.2, -0.15) is 0 Å². The van der Waals surface area contributed by atoms with Crippen LogP contribution in [0.15, 0.2) is 11.6 Å². The van der Waals surface area contributed by atoms with E-state index in [0.717, 1.165) is 31.3 Å². The molecule has 1 aliphatic heterocycles. The quantitative estimate of drug-likeness (QED) is 0.189. The Balaban J connectivity index is 1.34. The monoisotopic (exact) mass is 648 g/mol. The molecule has 1 heterocycles. The molecule has 0 aromatic heterocycles. The molecule has 0 radical (unpaired) electrons. The summed E-state index contributed by atoms with van der Waals surface area (Å²) in [7, 11) is 0. The molecular weight excluding hydrogens is 592 g/mol. The van der Waals surface area contributed by atoms with Gasteiger partial charge in [0.15, 0.2) is 6.29 Å². The van der Waals surface area contributed by atoms with Gasteiger partial charge in [-0.25, -0.2) is 0 Å². The average molecular weight is 649 g/mol. The molecule has 15 atom stereocenters. The van der Waals surface area contributed by atoms with Crippen LogP contribution in [0, 0.1) is 56.7 Å². The van der Waals surface area contributed by atoms with E-state index in [9.17, 15) is 40.2 Å². The van der Waals surface area contributed by atoms with Crippen molar-refractivity contribution in [3.8, 4) is 0 Å². The van der Waals surface area contributed by atoms with Gasteiger partial charge in [-0.1, -0.05) is 53.2 Å². The SMILES string of the molecule is C[C@H]1[C@H](C)CC[C@]2(C(=O)O)CC[C@]3(C(=O)O)C(=CC[C@@H]4[C@@]5(C)CC[C@H](O[C@@H]6O[C@H](CO)[C@@H](O)[C@H](O)[C@H]6O)C(C)(C)[C@H]5CC[C@]43C)[C@@H]12. The van der Waals surface area contributed by atoms with E-state index >= 15 is 0 Å². The molecule has 0 bridgehead atoms. The lowest BCUT2D eigenvalue weighted by molar-refractivity contribution is -0.330. The minimum Gasteiger partial charge on any atom is -0.481 e. The summed E-state index contributed by atoms with van der Waals surface area (Å²) in [4.78, 5) is 26.8. The molecule has 0 amide bonds. The topological polar surface area (TPSA) is 174 Å². The van der Waals surface area contributed by atoms with E-state index in [4.69, 9.17) is 9.47 Å². The van der Waals surface area contributed by atoms with Gasteiger partial charge >= 0.3 is 11.9 Å². The predicted molar refractivity (Wildman–Crippen MR) is 167 cm³/mol. The Bertz CT molecular complexity index is 1260. The lowest BCUT2D eigenvalue weighted by Crippen LogP contribution is -2.68. The van der Waals surface area contributed by atoms with Crippen molar-refractivity contribution in [3.05, 3.63) is 11.6 Å². The molecule has 10 heteroatoms. The third kappa shape index (κ3) is 4.35. The number of hydrogen-bond donors (Lipinski definition) is 6. The summed E-state index contributed by atoms with van der Waals surface area (Å²) >= 11 is 0. The van der Waals surface area contributed by atoms with E-state index in [1.54, 1.807) is 0 Å². The Morgan fingerprint density at radius 3 is 2.20 bits per heavy atom. The maximum absolute atomic E-state index is 13.8. The summed E-state index contributed by atoms with van der Waals surface area (Å²) in [6, 6.07) is 0. The van der Waals surface area contributed by atoms with Gasteiger partial charge in [0.1, 0.15) is 24.4 Å². The average Bonchev–Trinajstić information content (AvgIpc) is 2.99. The van der Waals surface area contributed by atoms with E-state index in [1.165, 1.54) is 0 Å². The number of hydrogen-bond acceptors (Lipinski definition) is 8. The molecule has 5 aliphatic carbocycles. The molecule has 0 aromatic rings. The van der Waals surface area contributed by atoms with Gasteiger partial charge in [-0.3, -0.25) is 9.59 Å². The van der Waals surface area contributed by atoms with Crippen LogP contribution < -0.4 is 0 Å². The second-order valence-electron chi connectivity index (χ2n) is 17.2. The van der Waals surface area contributed by atoms with Crippen molar-refractivity contribution in [1.82, 2.24) is 0 Å². The highest BCUT2D eigenvalue weighted by Crippen LogP contribution is 2.76. The van der Waals surface area contributed by atoms with Crippen molar-refractivity contribution in [1.29, 1.82) is 0 Å². The van der Waals surface area contributed by atoms with Crippen LogP contribution in [-0.4, -0.2) is 86.0 Å². The van der Waals surface area contributed by atoms with Crippen molar-refractivity contribution in [2.45, 2.75) is 136 Å². The van der Waals surface area contributed by atoms with Gasteiger partial charge < -0.3 is 40.1 Å². The number of ether oxygens (including phenoxy) is 2. The molecule has 46 heavy (non-hydrogen) atoms. The Kier molecular flexibility index (Phi) is 8.38. The zero-order valence-electron chi connectivity index (χ0n) is 28.3. The van der Waals surface area contributed by atoms with Gasteiger partial charge in [-0.15, -0.1) is 0 Å². The lowest BCUT2D eigenvalue weighted by atomic mass is 9.33. The summed E-state index contributed by atoms with van der Waals surface area (Å²) in [6.07, 6.45) is 0.942. The van der Waals surface area contributed by atoms with Gasteiger partial charge in [-0.05, 0) is 104 Å². The highest BCUT2D eigenvalue weighted by molar-refractivity contribution is 5.84. The van der Waals surface area contributed by atoms with Crippen LogP contribution in [0.25, 0.3) is 0 Å². The summed E-state index contributed by atoms with van der Waals surface area (Å²) in [5, 5.41) is 63.0. The van der Waals surface area contributed by atoms with E-state index < -0.39 is 70.9 Å². The number of rotatable bonds is 5. The minimum absolute atomic E-state index is 0.0692. The lowest BCUT2D eigenvalue weighted by Gasteiger charge is -2.70. The summed E-state index contributed by atoms with van der Waals surface area (Å²) in [6.45, 7) is 12.6. The summed E-state index contributed by atoms with van der Waals surface area (Å²) in [5.74, 6) is -1.24. The molecule has 10 nitrogen and oxygen atoms in total. The van der Waals surface area contributed by atoms with Crippen LogP contribution in [0.5, 0.6) is 0 Å². The number of aliphatic hydroxyl groups excluding tert-OH is 4. The van der Waals surface area contributed by atoms with Crippen molar-refractivity contribution in [2.24, 2.45) is 56.7 Å². The van der Waals surface area contributed by atoms with Crippen molar-refractivity contribution >= 4 is 11.9 Å². The van der Waals surface area contributed by atoms with Gasteiger partial charge in [0, 0.05) is 0 Å². The van der Waals surface area contributed by atoms with E-state index in [1.807, 2.05) is 0 Å². The first-order valence-electron chi connectivity index (χ1n) is 17.6. The highest BCUT2D eigenvalue weighted by Gasteiger charge is 2.73. The Morgan fingerprint density at radius 1 is 0.870 bits per heavy atom. The zero-order chi connectivity index (χ0) is 33.8. The smallest absolute Gasteiger partial charge is 0.314 e. The van der Waals surface area contributed by atoms with Crippen LogP contribution >= 0.6 is 0 Å². The summed E-state index contributed by atoms with van der Waals surface area (Å²) in [5.41, 5.74) is -2.32. The molecule has 6 rings (SSSR count). The Labute approximate surface area is 272 Å². The number of carboxylic acid groups (broad SMARTS) is 2. The second-order valence-corrected chi connectivity index (χ2v) is 17.2. The van der Waals surface area contributed by atoms with E-state index in [2.05, 4.69) is 47.6 Å². The molecule has 260 valence electrons. The maximum atomic E-state index is 13.8. The van der Waals surface area contributed by atoms with Crippen LogP contribution in [-0.2, 0) is 19.1 Å². The first kappa shape index (κ1) is 34.3. The zero-order valence-corrected chi connectivity index (χ0v) is 28.3. The number of aliphatic hydroxyl groups is 4. The van der Waals surface area contributed by atoms with E-state index in [-0.39, 0.29) is 35.2 Å². The molecule has 1 saturated heterocycles. The van der Waals surface area contributed by atoms with E-state index in [0.29, 0.717) is 38.0 Å². The maximum Gasteiger partial charge on any atom is 0.314 e. The van der Waals surface area contributed by atoms with Crippen LogP contribution in [0.3, 0.4) is 0 Å². The number of aliphatic carboxylic acids is 2. The molecule has 0 aromatic carbocycles. The third-order valence-corrected chi connectivity index (χ3v) is 15.3. The van der Waals surface area contributed by atoms with Crippen LogP contribution in [0.2, 0.25) is 0 Å². The molecule has 4 saturated carbocycles. The highest BCUT2D eigenvalue weighted by atomic mass is 16.7. The fourth-order valence-corrected chi connectivity index (χ4v) is 12.6. The number of allylic oxidation sites excluding steroid dienone is 1. The third-order valence-electron chi connectivity index (χ3n) is 15.3. The molecule has 0 spiro atoms. The van der Waals surface area contributed by atoms with Crippen LogP contribution in [0.4, 0.5) is 0 Å². The fraction of sp³-hybridized carbons (Fsp3) is 0.889. The number of carbonyl (C=O) groups is 2. The Hall–Kier alpha value is -1.56. The standard InChI is InChI=1S/C36H56O10/c1-18-9-14-35(30(41)42)15-16-36(31(43)44)20(25(35)19(18)2)7-8-23-33(5)12-11-24(32(3,4)22(33)10-13-34(23,36)6)46-29-28(40)27(39)26(38)21(17-37)45-29/h7,18-19,21-29,37-40H,8-17H2,1-6H3,(H,41,42)(H,43,44)/t18-,19+,21-,22-,23-,24+,25-,26-,27+,28-,29+,33+,34-,35+,36-/m1/s1. The van der Waals surface area contributed by atoms with Crippen molar-refractivity contribution in [2.75, 3.05) is 6.61 Å². The normalized spacial score (nSPS) is 53.1. The van der Waals surface area contributed by atoms with Gasteiger partial charge in [0.25, 0.3) is 0 Å². The van der Waals surface area contributed by atoms with Gasteiger partial charge in [0.2, 0.25) is 0 Å². The molecule has 0 unspecified atom stereocenters. The number of fused-ring (bicyclic) bond motifs is 7. The first-order valence-corrected chi connectivity index (χ1v) is 17.6. The minimum atomic E-state index is -1.51. The summed E-state index contributed by atoms with van der Waals surface area (Å²) < 4.78 is 12.1. The molecule has 5 fully saturated rings. The number of carboxylic acids is 2. The van der Waals surface area contributed by atoms with Crippen molar-refractivity contribution in [3.63, 3.8) is 0 Å².